The van der Waals surface area contributed by atoms with Gasteiger partial charge in [0.05, 0.1) is 18.0 Å². The fourth-order valence-corrected chi connectivity index (χ4v) is 2.35. The van der Waals surface area contributed by atoms with Gasteiger partial charge >= 0.3 is 5.97 Å². The van der Waals surface area contributed by atoms with Crippen LogP contribution in [0.3, 0.4) is 0 Å². The minimum absolute atomic E-state index is 0.105. The van der Waals surface area contributed by atoms with E-state index in [1.807, 2.05) is 0 Å². The summed E-state index contributed by atoms with van der Waals surface area (Å²) in [6, 6.07) is 5.42. The molecular formula is C17H23N3O6. The average Bonchev–Trinajstić information content (AvgIpc) is 2.62. The topological polar surface area (TPSA) is 119 Å². The molecule has 0 aliphatic rings. The maximum atomic E-state index is 12.8. The number of nitro groups is 1. The zero-order valence-corrected chi connectivity index (χ0v) is 15.1. The standard InChI is InChI=1S/C17H23N3O6/c1-12(17(23)26-3)11-19(9-5-8-18-13(2)21)16(22)14-6-4-7-15(10-14)20(24)25/h4,6-7,10,12H,5,8-9,11H2,1-3H3,(H,18,21). The number of amides is 2. The molecule has 0 radical (unpaired) electrons. The number of carbonyl (C=O) groups excluding carboxylic acids is 3. The number of rotatable bonds is 9. The van der Waals surface area contributed by atoms with Gasteiger partial charge in [0.15, 0.2) is 0 Å². The number of non-ortho nitro benzene ring substituents is 1. The third kappa shape index (κ3) is 6.50. The zero-order valence-electron chi connectivity index (χ0n) is 15.1. The van der Waals surface area contributed by atoms with Crippen LogP contribution >= 0.6 is 0 Å². The third-order valence-electron chi connectivity index (χ3n) is 3.67. The molecular weight excluding hydrogens is 342 g/mol. The Kier molecular flexibility index (Phi) is 8.20. The quantitative estimate of drug-likeness (QED) is 0.305. The smallest absolute Gasteiger partial charge is 0.310 e. The largest absolute Gasteiger partial charge is 0.469 e. The lowest BCUT2D eigenvalue weighted by molar-refractivity contribution is -0.384. The van der Waals surface area contributed by atoms with Gasteiger partial charge < -0.3 is 15.0 Å². The highest BCUT2D eigenvalue weighted by atomic mass is 16.6. The molecule has 0 heterocycles. The van der Waals surface area contributed by atoms with E-state index < -0.39 is 22.7 Å². The molecule has 0 spiro atoms. The molecule has 2 amide bonds. The lowest BCUT2D eigenvalue weighted by Gasteiger charge is -2.25. The number of nitrogens with zero attached hydrogens (tertiary/aromatic N) is 2. The molecule has 1 aromatic carbocycles. The van der Waals surface area contributed by atoms with Crippen LogP contribution in [0.1, 0.15) is 30.6 Å². The molecule has 1 rings (SSSR count). The van der Waals surface area contributed by atoms with E-state index in [9.17, 15) is 24.5 Å². The third-order valence-corrected chi connectivity index (χ3v) is 3.67. The van der Waals surface area contributed by atoms with Crippen molar-refractivity contribution in [2.24, 2.45) is 5.92 Å². The molecule has 26 heavy (non-hydrogen) atoms. The monoisotopic (exact) mass is 365 g/mol. The van der Waals surface area contributed by atoms with Crippen LogP contribution in [0.2, 0.25) is 0 Å². The molecule has 1 atom stereocenters. The van der Waals surface area contributed by atoms with Gasteiger partial charge in [-0.15, -0.1) is 0 Å². The molecule has 0 saturated heterocycles. The molecule has 9 heteroatoms. The Bertz CT molecular complexity index is 676. The Morgan fingerprint density at radius 2 is 2.04 bits per heavy atom. The van der Waals surface area contributed by atoms with Gasteiger partial charge in [-0.25, -0.2) is 0 Å². The number of methoxy groups -OCH3 is 1. The summed E-state index contributed by atoms with van der Waals surface area (Å²) in [5, 5.41) is 13.5. The Hall–Kier alpha value is -2.97. The predicted molar refractivity (Wildman–Crippen MR) is 93.5 cm³/mol. The maximum Gasteiger partial charge on any atom is 0.310 e. The molecule has 1 N–H and O–H groups in total. The number of ether oxygens (including phenoxy) is 1. The number of hydrogen-bond donors (Lipinski definition) is 1. The van der Waals surface area contributed by atoms with Crippen molar-refractivity contribution in [2.75, 3.05) is 26.7 Å². The van der Waals surface area contributed by atoms with Crippen LogP contribution in [0.25, 0.3) is 0 Å². The van der Waals surface area contributed by atoms with Gasteiger partial charge in [0.25, 0.3) is 11.6 Å². The van der Waals surface area contributed by atoms with Crippen LogP contribution < -0.4 is 5.32 Å². The minimum Gasteiger partial charge on any atom is -0.469 e. The Morgan fingerprint density at radius 1 is 1.35 bits per heavy atom. The van der Waals surface area contributed by atoms with E-state index in [0.29, 0.717) is 13.0 Å². The van der Waals surface area contributed by atoms with Crippen molar-refractivity contribution in [1.29, 1.82) is 0 Å². The van der Waals surface area contributed by atoms with E-state index in [-0.39, 0.29) is 30.2 Å². The highest BCUT2D eigenvalue weighted by Crippen LogP contribution is 2.16. The Morgan fingerprint density at radius 3 is 2.62 bits per heavy atom. The van der Waals surface area contributed by atoms with Gasteiger partial charge in [0.2, 0.25) is 5.91 Å². The van der Waals surface area contributed by atoms with Crippen molar-refractivity contribution < 1.29 is 24.0 Å². The second-order valence-corrected chi connectivity index (χ2v) is 5.82. The van der Waals surface area contributed by atoms with Crippen LogP contribution in [0.15, 0.2) is 24.3 Å². The Balaban J connectivity index is 2.92. The predicted octanol–water partition coefficient (Wildman–Crippen LogP) is 1.37. The second-order valence-electron chi connectivity index (χ2n) is 5.82. The van der Waals surface area contributed by atoms with E-state index >= 15 is 0 Å². The van der Waals surface area contributed by atoms with Crippen molar-refractivity contribution in [2.45, 2.75) is 20.3 Å². The summed E-state index contributed by atoms with van der Waals surface area (Å²) < 4.78 is 4.68. The molecule has 0 saturated carbocycles. The fourth-order valence-electron chi connectivity index (χ4n) is 2.35. The molecule has 1 unspecified atom stereocenters. The first-order valence-electron chi connectivity index (χ1n) is 8.12. The number of hydrogen-bond acceptors (Lipinski definition) is 6. The van der Waals surface area contributed by atoms with Crippen LogP contribution in [0.5, 0.6) is 0 Å². The highest BCUT2D eigenvalue weighted by molar-refractivity contribution is 5.95. The zero-order chi connectivity index (χ0) is 19.7. The van der Waals surface area contributed by atoms with E-state index in [4.69, 9.17) is 0 Å². The molecule has 0 aromatic heterocycles. The van der Waals surface area contributed by atoms with Gasteiger partial charge in [-0.1, -0.05) is 13.0 Å². The summed E-state index contributed by atoms with van der Waals surface area (Å²) in [6.07, 6.45) is 0.480. The average molecular weight is 365 g/mol. The van der Waals surface area contributed by atoms with Crippen LogP contribution in [0.4, 0.5) is 5.69 Å². The summed E-state index contributed by atoms with van der Waals surface area (Å²) in [7, 11) is 1.27. The fraction of sp³-hybridized carbons (Fsp3) is 0.471. The summed E-state index contributed by atoms with van der Waals surface area (Å²) in [6.45, 7) is 3.79. The maximum absolute atomic E-state index is 12.8. The lowest BCUT2D eigenvalue weighted by atomic mass is 10.1. The summed E-state index contributed by atoms with van der Waals surface area (Å²) in [5.74, 6) is -1.61. The number of carbonyl (C=O) groups is 3. The molecule has 0 fully saturated rings. The van der Waals surface area contributed by atoms with Gasteiger partial charge in [0, 0.05) is 44.3 Å². The van der Waals surface area contributed by atoms with Crippen LogP contribution in [-0.2, 0) is 14.3 Å². The first kappa shape index (κ1) is 21.1. The van der Waals surface area contributed by atoms with E-state index in [2.05, 4.69) is 10.1 Å². The van der Waals surface area contributed by atoms with E-state index in [1.54, 1.807) is 6.92 Å². The van der Waals surface area contributed by atoms with Gasteiger partial charge in [-0.3, -0.25) is 24.5 Å². The summed E-state index contributed by atoms with van der Waals surface area (Å²) in [5.41, 5.74) is -0.0224. The number of nitro benzene ring substituents is 1. The Labute approximate surface area is 151 Å². The van der Waals surface area contributed by atoms with Crippen LogP contribution in [-0.4, -0.2) is 54.4 Å². The first-order chi connectivity index (χ1) is 12.3. The molecule has 0 aliphatic carbocycles. The minimum atomic E-state index is -0.574. The van der Waals surface area contributed by atoms with Crippen molar-refractivity contribution in [3.05, 3.63) is 39.9 Å². The molecule has 9 nitrogen and oxygen atoms in total. The van der Waals surface area contributed by atoms with Crippen molar-refractivity contribution >= 4 is 23.5 Å². The second kappa shape index (κ2) is 10.1. The number of nitrogens with one attached hydrogen (secondary N) is 1. The van der Waals surface area contributed by atoms with E-state index in [1.165, 1.54) is 43.2 Å². The molecule has 1 aromatic rings. The van der Waals surface area contributed by atoms with Crippen LogP contribution in [0, 0.1) is 16.0 Å². The number of benzene rings is 1. The first-order valence-corrected chi connectivity index (χ1v) is 8.12. The number of esters is 1. The molecule has 142 valence electrons. The van der Waals surface area contributed by atoms with Crippen molar-refractivity contribution in [1.82, 2.24) is 10.2 Å². The van der Waals surface area contributed by atoms with E-state index in [0.717, 1.165) is 0 Å². The molecule has 0 bridgehead atoms. The van der Waals surface area contributed by atoms with Crippen molar-refractivity contribution in [3.63, 3.8) is 0 Å². The normalized spacial score (nSPS) is 11.3. The SMILES string of the molecule is COC(=O)C(C)CN(CCCNC(C)=O)C(=O)c1cccc([N+](=O)[O-])c1. The highest BCUT2D eigenvalue weighted by Gasteiger charge is 2.23. The molecule has 0 aliphatic heterocycles. The summed E-state index contributed by atoms with van der Waals surface area (Å²) in [4.78, 5) is 47.1. The van der Waals surface area contributed by atoms with Gasteiger partial charge in [-0.2, -0.15) is 0 Å². The van der Waals surface area contributed by atoms with Crippen molar-refractivity contribution in [3.8, 4) is 0 Å². The van der Waals surface area contributed by atoms with Gasteiger partial charge in [-0.05, 0) is 12.5 Å². The van der Waals surface area contributed by atoms with Gasteiger partial charge in [0.1, 0.15) is 0 Å². The summed E-state index contributed by atoms with van der Waals surface area (Å²) >= 11 is 0. The lowest BCUT2D eigenvalue weighted by Crippen LogP contribution is -2.39.